The molecule has 414 valence electrons. The Balaban J connectivity index is 0.896. The lowest BCUT2D eigenvalue weighted by atomic mass is 9.84. The molecule has 2 fully saturated rings. The van der Waals surface area contributed by atoms with E-state index in [2.05, 4.69) is 222 Å². The summed E-state index contributed by atoms with van der Waals surface area (Å²) in [6.45, 7) is 39.5. The van der Waals surface area contributed by atoms with Gasteiger partial charge in [-0.2, -0.15) is 19.9 Å². The first-order valence-electron chi connectivity index (χ1n) is 28.4. The minimum atomic E-state index is -0.218. The minimum absolute atomic E-state index is 0.0250. The van der Waals surface area contributed by atoms with E-state index in [0.717, 1.165) is 129 Å². The summed E-state index contributed by atoms with van der Waals surface area (Å²) in [5.74, 6) is 4.64. The van der Waals surface area contributed by atoms with E-state index in [-0.39, 0.29) is 16.4 Å². The second-order valence-corrected chi connectivity index (χ2v) is 24.2. The average Bonchev–Trinajstić information content (AvgIpc) is 4.07. The third-order valence-corrected chi connectivity index (χ3v) is 16.0. The van der Waals surface area contributed by atoms with E-state index in [1.54, 1.807) is 0 Å². The van der Waals surface area contributed by atoms with E-state index in [1.165, 1.54) is 28.0 Å². The number of aryl methyl sites for hydroxylation is 2. The van der Waals surface area contributed by atoms with Gasteiger partial charge in [0.2, 0.25) is 11.9 Å². The van der Waals surface area contributed by atoms with Crippen LogP contribution in [0.5, 0.6) is 5.75 Å². The molecule has 15 nitrogen and oxygen atoms in total. The Bertz CT molecular complexity index is 3170. The van der Waals surface area contributed by atoms with Crippen LogP contribution in [0.3, 0.4) is 0 Å². The highest BCUT2D eigenvalue weighted by molar-refractivity contribution is 6.01. The quantitative estimate of drug-likeness (QED) is 0.0732. The van der Waals surface area contributed by atoms with Crippen LogP contribution in [0.15, 0.2) is 101 Å². The molecule has 3 aromatic carbocycles. The number of hydrogen-bond donors (Lipinski definition) is 1. The first-order valence-corrected chi connectivity index (χ1v) is 28.4. The molecule has 1 N–H and O–H groups in total. The SMILES string of the molecule is CC/C(=C\C=C(C)C(C)=Nc1nc(N2CCN(c3ccc(CC)cc3)CC2)nc2ncn(CCOc3ccc(N4CCN(c5nc(Nc6cc(C(C)(C)C)ccc6C)c6c(n5)N(C)CN6CC)CC4(C)C)cc3)c12)C(C)(C)C. The number of anilines is 8. The Morgan fingerprint density at radius 2 is 1.46 bits per heavy atom. The highest BCUT2D eigenvalue weighted by Crippen LogP contribution is 2.43. The number of imidazole rings is 1. The number of hydrogen-bond acceptors (Lipinski definition) is 14. The average molecular weight is 1060 g/mol. The van der Waals surface area contributed by atoms with Gasteiger partial charge in [-0.15, -0.1) is 0 Å². The number of piperazine rings is 2. The fourth-order valence-corrected chi connectivity index (χ4v) is 10.9. The molecule has 0 bridgehead atoms. The van der Waals surface area contributed by atoms with Gasteiger partial charge in [0.25, 0.3) is 0 Å². The summed E-state index contributed by atoms with van der Waals surface area (Å²) < 4.78 is 8.55. The fraction of sp³-hybridized carbons (Fsp3) is 0.492. The monoisotopic (exact) mass is 1050 g/mol. The predicted octanol–water partition coefficient (Wildman–Crippen LogP) is 12.7. The third kappa shape index (κ3) is 12.1. The number of aliphatic imine (C=N–C) groups is 1. The molecule has 0 saturated carbocycles. The Morgan fingerprint density at radius 3 is 2.12 bits per heavy atom. The highest BCUT2D eigenvalue weighted by Gasteiger charge is 2.37. The lowest BCUT2D eigenvalue weighted by Crippen LogP contribution is -2.60. The highest BCUT2D eigenvalue weighted by atomic mass is 16.5. The van der Waals surface area contributed by atoms with Crippen molar-refractivity contribution in [2.75, 3.05) is 107 Å². The number of fused-ring (bicyclic) bond motifs is 2. The molecular formula is C63H86N14O. The summed E-state index contributed by atoms with van der Waals surface area (Å²) in [6, 6.07) is 24.2. The van der Waals surface area contributed by atoms with Crippen molar-refractivity contribution in [2.24, 2.45) is 10.4 Å². The van der Waals surface area contributed by atoms with Crippen LogP contribution >= 0.6 is 0 Å². The maximum absolute atomic E-state index is 6.46. The van der Waals surface area contributed by atoms with Crippen molar-refractivity contribution in [3.05, 3.63) is 113 Å². The van der Waals surface area contributed by atoms with Crippen LogP contribution in [0, 0.1) is 12.3 Å². The molecule has 0 unspecified atom stereocenters. The van der Waals surface area contributed by atoms with E-state index < -0.39 is 0 Å². The number of aromatic nitrogens is 6. The van der Waals surface area contributed by atoms with Crippen molar-refractivity contribution < 1.29 is 4.74 Å². The molecule has 9 rings (SSSR count). The number of ether oxygens (including phenoxy) is 1. The number of rotatable bonds is 16. The lowest BCUT2D eigenvalue weighted by Gasteiger charge is -2.48. The van der Waals surface area contributed by atoms with Gasteiger partial charge >= 0.3 is 0 Å². The molecular weight excluding hydrogens is 969 g/mol. The fourth-order valence-electron chi connectivity index (χ4n) is 10.9. The van der Waals surface area contributed by atoms with E-state index in [4.69, 9.17) is 34.6 Å². The molecule has 3 aliphatic heterocycles. The molecule has 6 aromatic rings. The van der Waals surface area contributed by atoms with Gasteiger partial charge < -0.3 is 44.0 Å². The zero-order valence-electron chi connectivity index (χ0n) is 49.5. The maximum Gasteiger partial charge on any atom is 0.229 e. The van der Waals surface area contributed by atoms with E-state index in [0.29, 0.717) is 30.6 Å². The number of nitrogens with one attached hydrogen (secondary N) is 1. The first kappa shape index (κ1) is 55.6. The van der Waals surface area contributed by atoms with Gasteiger partial charge in [0.05, 0.1) is 25.1 Å². The molecule has 78 heavy (non-hydrogen) atoms. The Morgan fingerprint density at radius 1 is 0.782 bits per heavy atom. The van der Waals surface area contributed by atoms with Gasteiger partial charge in [0.1, 0.15) is 23.6 Å². The van der Waals surface area contributed by atoms with Gasteiger partial charge in [-0.05, 0) is 130 Å². The molecule has 3 aromatic heterocycles. The van der Waals surface area contributed by atoms with Crippen LogP contribution in [-0.2, 0) is 18.4 Å². The van der Waals surface area contributed by atoms with Crippen LogP contribution < -0.4 is 39.5 Å². The zero-order chi connectivity index (χ0) is 55.7. The number of allylic oxidation sites excluding steroid dienone is 4. The predicted molar refractivity (Wildman–Crippen MR) is 327 cm³/mol. The maximum atomic E-state index is 6.46. The molecule has 0 amide bonds. The molecule has 0 radical (unpaired) electrons. The molecule has 0 spiro atoms. The summed E-state index contributed by atoms with van der Waals surface area (Å²) in [6.07, 6.45) is 8.33. The van der Waals surface area contributed by atoms with Crippen LogP contribution in [0.2, 0.25) is 0 Å². The Labute approximate surface area is 465 Å². The standard InChI is InChI=1S/C63H86N14O/c1-16-46-21-25-49(26-22-46)73-31-33-74(34-32-73)59-67-55-53(56(68-59)65-45(6)43(4)19-23-47(17-2)61(7,8)9)76(41-64-55)37-38-78-51-29-27-50(28-30-51)77-36-35-75(40-63(77,13)14)60-69-57(54-58(70-60)71(15)42-72(54)18-3)66-52-39-48(62(10,11)12)24-20-44(52)5/h19-30,39,41H,16-18,31-38,40,42H2,1-15H3,(H,66,69,70)/b43-19?,47-23+,65-45?. The van der Waals surface area contributed by atoms with Crippen molar-refractivity contribution >= 4 is 69.0 Å². The number of nitrogens with zero attached hydrogens (tertiary/aromatic N) is 13. The molecule has 2 saturated heterocycles. The van der Waals surface area contributed by atoms with Gasteiger partial charge in [-0.25, -0.2) is 9.98 Å². The van der Waals surface area contributed by atoms with E-state index in [9.17, 15) is 0 Å². The van der Waals surface area contributed by atoms with E-state index in [1.807, 2.05) is 6.33 Å². The summed E-state index contributed by atoms with van der Waals surface area (Å²) in [7, 11) is 2.12. The van der Waals surface area contributed by atoms with Crippen molar-refractivity contribution in [1.29, 1.82) is 0 Å². The van der Waals surface area contributed by atoms with Gasteiger partial charge in [0.15, 0.2) is 23.1 Å². The van der Waals surface area contributed by atoms with Gasteiger partial charge in [-0.1, -0.05) is 97.4 Å². The van der Waals surface area contributed by atoms with Gasteiger partial charge in [-0.3, -0.25) is 0 Å². The van der Waals surface area contributed by atoms with Crippen molar-refractivity contribution in [3.63, 3.8) is 0 Å². The largest absolute Gasteiger partial charge is 0.492 e. The van der Waals surface area contributed by atoms with Crippen molar-refractivity contribution in [3.8, 4) is 5.75 Å². The lowest BCUT2D eigenvalue weighted by molar-refractivity contribution is 0.300. The third-order valence-electron chi connectivity index (χ3n) is 16.0. The summed E-state index contributed by atoms with van der Waals surface area (Å²) >= 11 is 0. The first-order chi connectivity index (χ1) is 37.1. The van der Waals surface area contributed by atoms with Crippen LogP contribution in [-0.4, -0.2) is 113 Å². The zero-order valence-corrected chi connectivity index (χ0v) is 49.5. The second-order valence-electron chi connectivity index (χ2n) is 24.2. The minimum Gasteiger partial charge on any atom is -0.492 e. The van der Waals surface area contributed by atoms with Gasteiger partial charge in [0, 0.05) is 82.2 Å². The smallest absolute Gasteiger partial charge is 0.229 e. The molecule has 6 heterocycles. The second kappa shape index (κ2) is 22.7. The molecule has 0 aliphatic carbocycles. The van der Waals surface area contributed by atoms with Crippen LogP contribution in [0.1, 0.15) is 113 Å². The normalized spacial score (nSPS) is 16.7. The summed E-state index contributed by atoms with van der Waals surface area (Å²) in [5.41, 5.74) is 13.1. The number of benzene rings is 3. The summed E-state index contributed by atoms with van der Waals surface area (Å²) in [4.78, 5) is 45.1. The van der Waals surface area contributed by atoms with Crippen molar-refractivity contribution in [1.82, 2.24) is 29.5 Å². The Kier molecular flexibility index (Phi) is 16.2. The topological polar surface area (TPSA) is 122 Å². The Hall–Kier alpha value is -7.16. The van der Waals surface area contributed by atoms with Crippen LogP contribution in [0.4, 0.5) is 52.1 Å². The van der Waals surface area contributed by atoms with E-state index >= 15 is 0 Å². The van der Waals surface area contributed by atoms with Crippen LogP contribution in [0.25, 0.3) is 11.2 Å². The van der Waals surface area contributed by atoms with Crippen molar-refractivity contribution in [2.45, 2.75) is 127 Å². The molecule has 0 atom stereocenters. The molecule has 15 heteroatoms. The summed E-state index contributed by atoms with van der Waals surface area (Å²) in [5, 5.41) is 3.80. The molecule has 3 aliphatic rings.